The van der Waals surface area contributed by atoms with Crippen LogP contribution in [-0.2, 0) is 4.79 Å². The van der Waals surface area contributed by atoms with E-state index in [1.165, 1.54) is 0 Å². The molecule has 0 aromatic heterocycles. The lowest BCUT2D eigenvalue weighted by atomic mass is 10.0. The first-order valence-corrected chi connectivity index (χ1v) is 5.81. The highest BCUT2D eigenvalue weighted by molar-refractivity contribution is 8.00. The van der Waals surface area contributed by atoms with E-state index >= 15 is 0 Å². The number of amides is 1. The SMILES string of the molecule is CC1(C)SCNC1C(=O)NCCCl. The molecular formula is C8H15ClN2OS. The summed E-state index contributed by atoms with van der Waals surface area (Å²) in [5, 5.41) is 5.95. The average molecular weight is 223 g/mol. The summed E-state index contributed by atoms with van der Waals surface area (Å²) >= 11 is 7.25. The van der Waals surface area contributed by atoms with Crippen molar-refractivity contribution in [3.05, 3.63) is 0 Å². The Kier molecular flexibility index (Phi) is 3.88. The zero-order valence-corrected chi connectivity index (χ0v) is 9.47. The van der Waals surface area contributed by atoms with Gasteiger partial charge in [0, 0.05) is 23.0 Å². The number of halogens is 1. The second kappa shape index (κ2) is 4.53. The topological polar surface area (TPSA) is 41.1 Å². The van der Waals surface area contributed by atoms with Gasteiger partial charge in [0.15, 0.2) is 0 Å². The third-order valence-corrected chi connectivity index (χ3v) is 3.56. The van der Waals surface area contributed by atoms with Crippen LogP contribution >= 0.6 is 23.4 Å². The fourth-order valence-electron chi connectivity index (χ4n) is 1.32. The quantitative estimate of drug-likeness (QED) is 0.694. The molecule has 2 N–H and O–H groups in total. The molecule has 0 aliphatic carbocycles. The van der Waals surface area contributed by atoms with Gasteiger partial charge in [-0.2, -0.15) is 0 Å². The lowest BCUT2D eigenvalue weighted by molar-refractivity contribution is -0.123. The monoisotopic (exact) mass is 222 g/mol. The number of hydrogen-bond donors (Lipinski definition) is 2. The molecule has 1 aliphatic heterocycles. The highest BCUT2D eigenvalue weighted by Gasteiger charge is 2.39. The molecule has 1 heterocycles. The van der Waals surface area contributed by atoms with E-state index in [1.807, 2.05) is 0 Å². The van der Waals surface area contributed by atoms with Crippen molar-refractivity contribution in [1.29, 1.82) is 0 Å². The summed E-state index contributed by atoms with van der Waals surface area (Å²) in [5.74, 6) is 1.36. The van der Waals surface area contributed by atoms with Gasteiger partial charge in [-0.1, -0.05) is 0 Å². The van der Waals surface area contributed by atoms with E-state index in [2.05, 4.69) is 24.5 Å². The lowest BCUT2D eigenvalue weighted by Gasteiger charge is -2.24. The predicted octanol–water partition coefficient (Wildman–Crippen LogP) is 0.782. The maximum absolute atomic E-state index is 11.6. The van der Waals surface area contributed by atoms with Crippen molar-refractivity contribution in [1.82, 2.24) is 10.6 Å². The maximum Gasteiger partial charge on any atom is 0.238 e. The van der Waals surface area contributed by atoms with Crippen LogP contribution in [0.3, 0.4) is 0 Å². The van der Waals surface area contributed by atoms with Crippen molar-refractivity contribution >= 4 is 29.3 Å². The van der Waals surface area contributed by atoms with Crippen LogP contribution in [0.1, 0.15) is 13.8 Å². The number of nitrogens with one attached hydrogen (secondary N) is 2. The van der Waals surface area contributed by atoms with Crippen LogP contribution in [0.4, 0.5) is 0 Å². The van der Waals surface area contributed by atoms with Crippen LogP contribution in [0.15, 0.2) is 0 Å². The van der Waals surface area contributed by atoms with Crippen molar-refractivity contribution in [2.24, 2.45) is 0 Å². The second-order valence-electron chi connectivity index (χ2n) is 3.51. The lowest BCUT2D eigenvalue weighted by Crippen LogP contribution is -2.49. The Hall–Kier alpha value is 0.0700. The molecule has 1 saturated heterocycles. The molecule has 1 atom stereocenters. The van der Waals surface area contributed by atoms with E-state index in [0.29, 0.717) is 12.4 Å². The maximum atomic E-state index is 11.6. The number of carbonyl (C=O) groups excluding carboxylic acids is 1. The predicted molar refractivity (Wildman–Crippen MR) is 57.2 cm³/mol. The molecule has 3 nitrogen and oxygen atoms in total. The zero-order chi connectivity index (χ0) is 9.90. The van der Waals surface area contributed by atoms with E-state index in [-0.39, 0.29) is 16.7 Å². The van der Waals surface area contributed by atoms with Gasteiger partial charge < -0.3 is 5.32 Å². The molecule has 1 amide bonds. The van der Waals surface area contributed by atoms with Gasteiger partial charge in [-0.25, -0.2) is 0 Å². The first kappa shape index (κ1) is 11.1. The molecule has 0 bridgehead atoms. The summed E-state index contributed by atoms with van der Waals surface area (Å²) in [7, 11) is 0. The van der Waals surface area contributed by atoms with Gasteiger partial charge >= 0.3 is 0 Å². The highest BCUT2D eigenvalue weighted by Crippen LogP contribution is 2.32. The molecule has 0 aromatic carbocycles. The van der Waals surface area contributed by atoms with Crippen molar-refractivity contribution in [2.75, 3.05) is 18.3 Å². The summed E-state index contributed by atoms with van der Waals surface area (Å²) in [4.78, 5) is 11.6. The Balaban J connectivity index is 2.46. The summed E-state index contributed by atoms with van der Waals surface area (Å²) < 4.78 is -0.0175. The van der Waals surface area contributed by atoms with E-state index in [4.69, 9.17) is 11.6 Å². The minimum absolute atomic E-state index is 0.0175. The van der Waals surface area contributed by atoms with Gasteiger partial charge in [0.25, 0.3) is 0 Å². The van der Waals surface area contributed by atoms with Crippen LogP contribution in [0, 0.1) is 0 Å². The van der Waals surface area contributed by atoms with Crippen molar-refractivity contribution in [2.45, 2.75) is 24.6 Å². The fourth-order valence-corrected chi connectivity index (χ4v) is 2.39. The molecular weight excluding hydrogens is 208 g/mol. The normalized spacial score (nSPS) is 25.9. The zero-order valence-electron chi connectivity index (χ0n) is 7.89. The largest absolute Gasteiger partial charge is 0.354 e. The Morgan fingerprint density at radius 2 is 2.46 bits per heavy atom. The summed E-state index contributed by atoms with van der Waals surface area (Å²) in [6.45, 7) is 4.69. The number of alkyl halides is 1. The van der Waals surface area contributed by atoms with Gasteiger partial charge in [0.2, 0.25) is 5.91 Å². The molecule has 76 valence electrons. The van der Waals surface area contributed by atoms with Crippen molar-refractivity contribution in [3.63, 3.8) is 0 Å². The standard InChI is InChI=1S/C8H15ClN2OS/c1-8(2)6(11-5-13-8)7(12)10-4-3-9/h6,11H,3-5H2,1-2H3,(H,10,12). The van der Waals surface area contributed by atoms with Crippen molar-refractivity contribution < 1.29 is 4.79 Å². The van der Waals surface area contributed by atoms with Crippen molar-refractivity contribution in [3.8, 4) is 0 Å². The van der Waals surface area contributed by atoms with Crippen LogP contribution in [0.2, 0.25) is 0 Å². The highest BCUT2D eigenvalue weighted by atomic mass is 35.5. The number of rotatable bonds is 3. The van der Waals surface area contributed by atoms with Crippen LogP contribution < -0.4 is 10.6 Å². The third-order valence-electron chi connectivity index (χ3n) is 2.08. The minimum atomic E-state index is -0.0966. The van der Waals surface area contributed by atoms with E-state index in [0.717, 1.165) is 5.88 Å². The molecule has 0 radical (unpaired) electrons. The third kappa shape index (κ3) is 2.76. The van der Waals surface area contributed by atoms with Gasteiger partial charge in [0.05, 0.1) is 0 Å². The van der Waals surface area contributed by atoms with Crippen LogP contribution in [0.25, 0.3) is 0 Å². The smallest absolute Gasteiger partial charge is 0.238 e. The molecule has 1 unspecified atom stereocenters. The second-order valence-corrected chi connectivity index (χ2v) is 5.52. The van der Waals surface area contributed by atoms with Gasteiger partial charge in [0.1, 0.15) is 6.04 Å². The number of hydrogen-bond acceptors (Lipinski definition) is 3. The van der Waals surface area contributed by atoms with Gasteiger partial charge in [-0.15, -0.1) is 23.4 Å². The molecule has 1 rings (SSSR count). The summed E-state index contributed by atoms with van der Waals surface area (Å²) in [6, 6.07) is -0.0966. The Labute approximate surface area is 88.0 Å². The van der Waals surface area contributed by atoms with E-state index in [1.54, 1.807) is 11.8 Å². The van der Waals surface area contributed by atoms with Crippen LogP contribution in [0.5, 0.6) is 0 Å². The van der Waals surface area contributed by atoms with E-state index < -0.39 is 0 Å². The minimum Gasteiger partial charge on any atom is -0.354 e. The Morgan fingerprint density at radius 3 is 2.92 bits per heavy atom. The molecule has 5 heteroatoms. The molecule has 0 saturated carbocycles. The summed E-state index contributed by atoms with van der Waals surface area (Å²) in [5.41, 5.74) is 0. The number of carbonyl (C=O) groups is 1. The molecule has 1 aliphatic rings. The molecule has 13 heavy (non-hydrogen) atoms. The first-order chi connectivity index (χ1) is 6.08. The fraction of sp³-hybridized carbons (Fsp3) is 0.875. The average Bonchev–Trinajstić information content (AvgIpc) is 2.41. The first-order valence-electron chi connectivity index (χ1n) is 4.29. The van der Waals surface area contributed by atoms with Crippen LogP contribution in [-0.4, -0.2) is 35.0 Å². The molecule has 0 aromatic rings. The van der Waals surface area contributed by atoms with Gasteiger partial charge in [-0.3, -0.25) is 10.1 Å². The molecule has 0 spiro atoms. The Bertz CT molecular complexity index is 199. The Morgan fingerprint density at radius 1 is 1.77 bits per heavy atom. The van der Waals surface area contributed by atoms with Gasteiger partial charge in [-0.05, 0) is 13.8 Å². The van der Waals surface area contributed by atoms with E-state index in [9.17, 15) is 4.79 Å². The number of thioether (sulfide) groups is 1. The summed E-state index contributed by atoms with van der Waals surface area (Å²) in [6.07, 6.45) is 0. The molecule has 1 fully saturated rings.